The predicted octanol–water partition coefficient (Wildman–Crippen LogP) is 5.03. The molecule has 5 aromatic carbocycles. The molecule has 2 unspecified atom stereocenters. The smallest absolute Gasteiger partial charge is 0.326 e. The van der Waals surface area contributed by atoms with E-state index in [0.29, 0.717) is 93.7 Å². The number of ether oxygens (including phenoxy) is 7. The van der Waals surface area contributed by atoms with Gasteiger partial charge in [0.25, 0.3) is 23.6 Å². The number of para-hydroxylation sites is 2. The third kappa shape index (κ3) is 13.4. The number of carboxylic acids is 1. The van der Waals surface area contributed by atoms with Crippen molar-refractivity contribution in [3.63, 3.8) is 0 Å². The lowest BCUT2D eigenvalue weighted by atomic mass is 9.91. The van der Waals surface area contributed by atoms with Crippen LogP contribution in [0.2, 0.25) is 0 Å². The Morgan fingerprint density at radius 1 is 0.740 bits per heavy atom. The van der Waals surface area contributed by atoms with Crippen LogP contribution in [0.25, 0.3) is 54.8 Å². The largest absolute Gasteiger partial charge is 0.480 e. The standard InChI is InChI=1S/C68H76N14O14/c1-68-59(90-4)50(35-52(96-68)81-48-11-7-5-9-44(48)54-55-46(37-74-64(55)86)53-45-10-6-8-12-49(45)82(68)58(53)57(54)81)80(3)65(87)41-15-13-39(14-16-41)62(84)72-24-26-92-28-30-94-32-34-95-33-31-93-29-27-91-25-23-71-51(83)22-21-47(66(88)89)76-63(85)40-17-19-43(20-18-40)79(2)38-42-36-73-61-56(75-42)60(69)77-67(70)78-61/h5-20,36,47,50,52,59H,21-35,37-38H2,1-4H3,(H,71,83)(H,72,84)(H,74,86)(H,76,85)(H,88,89)(H4,69,70,73,77,78)/t47?,50-,52-,59?,68+/m1/s1. The molecule has 1 fully saturated rings. The van der Waals surface area contributed by atoms with Crippen molar-refractivity contribution < 1.29 is 67.0 Å². The highest BCUT2D eigenvalue weighted by molar-refractivity contribution is 6.31. The molecule has 5 atom stereocenters. The van der Waals surface area contributed by atoms with Crippen LogP contribution in [0.4, 0.5) is 17.5 Å². The van der Waals surface area contributed by atoms with Crippen molar-refractivity contribution in [2.75, 3.05) is 117 Å². The van der Waals surface area contributed by atoms with Gasteiger partial charge in [-0.15, -0.1) is 0 Å². The fourth-order valence-corrected chi connectivity index (χ4v) is 13.2. The zero-order valence-electron chi connectivity index (χ0n) is 53.6. The number of aromatic nitrogens is 6. The van der Waals surface area contributed by atoms with E-state index in [9.17, 15) is 33.9 Å². The SMILES string of the molecule is COC1[C@H](N(C)C(=O)c2ccc(C(=O)NCCOCCOCCOCCOCCOCCNC(=O)CCC(NC(=O)c3ccc(N(C)Cc4cnc5nc(N)nc(N)c5n4)cc3)C(=O)O)cc2)C[C@H]2O[C@]1(C)n1c3ccccc3c3c4c(c5c6ccccc6n2c5c31)C(=O)NC4. The van der Waals surface area contributed by atoms with Crippen molar-refractivity contribution in [2.45, 2.75) is 69.4 Å². The minimum absolute atomic E-state index is 0.00109. The molecule has 2 bridgehead atoms. The first-order valence-electron chi connectivity index (χ1n) is 31.7. The highest BCUT2D eigenvalue weighted by Crippen LogP contribution is 2.54. The van der Waals surface area contributed by atoms with Crippen LogP contribution >= 0.6 is 0 Å². The van der Waals surface area contributed by atoms with E-state index in [2.05, 4.69) is 74.6 Å². The van der Waals surface area contributed by atoms with Gasteiger partial charge in [-0.2, -0.15) is 9.97 Å². The van der Waals surface area contributed by atoms with Gasteiger partial charge in [0, 0.05) is 97.6 Å². The summed E-state index contributed by atoms with van der Waals surface area (Å²) in [6.45, 7) is 6.37. The number of hydrogen-bond acceptors (Lipinski definition) is 20. The van der Waals surface area contributed by atoms with E-state index in [0.717, 1.165) is 54.9 Å². The van der Waals surface area contributed by atoms with Crippen molar-refractivity contribution in [3.05, 3.63) is 137 Å². The quantitative estimate of drug-likeness (QED) is 0.0280. The Balaban J connectivity index is 0.496. The average Bonchev–Trinajstić information content (AvgIpc) is 1.50. The van der Waals surface area contributed by atoms with Crippen LogP contribution in [-0.2, 0) is 61.6 Å². The molecule has 7 heterocycles. The van der Waals surface area contributed by atoms with Crippen molar-refractivity contribution in [2.24, 2.45) is 0 Å². The van der Waals surface area contributed by atoms with Gasteiger partial charge in [-0.25, -0.2) is 14.8 Å². The lowest BCUT2D eigenvalue weighted by molar-refractivity contribution is -0.264. The Kier molecular flexibility index (Phi) is 19.9. The number of amides is 5. The van der Waals surface area contributed by atoms with E-state index in [-0.39, 0.29) is 92.4 Å². The molecule has 0 radical (unpaired) electrons. The van der Waals surface area contributed by atoms with Gasteiger partial charge in [0.15, 0.2) is 22.7 Å². The average molecular weight is 1310 g/mol. The number of likely N-dealkylation sites (N-methyl/N-ethyl adjacent to an activating group) is 1. The molecule has 5 amide bonds. The molecule has 3 aliphatic heterocycles. The monoisotopic (exact) mass is 1310 g/mol. The molecule has 0 saturated carbocycles. The molecule has 0 aliphatic carbocycles. The summed E-state index contributed by atoms with van der Waals surface area (Å²) in [6.07, 6.45) is 0.525. The van der Waals surface area contributed by atoms with Crippen LogP contribution in [-0.4, -0.2) is 193 Å². The van der Waals surface area contributed by atoms with Crippen molar-refractivity contribution in [3.8, 4) is 0 Å². The van der Waals surface area contributed by atoms with E-state index >= 15 is 0 Å². The number of aliphatic carboxylic acids is 1. The Morgan fingerprint density at radius 2 is 1.33 bits per heavy atom. The number of nitrogens with two attached hydrogens (primary N) is 2. The second-order valence-corrected chi connectivity index (χ2v) is 23.8. The van der Waals surface area contributed by atoms with Gasteiger partial charge in [0.1, 0.15) is 18.4 Å². The Hall–Kier alpha value is -9.94. The van der Waals surface area contributed by atoms with E-state index in [1.165, 1.54) is 0 Å². The number of anilines is 3. The topological polar surface area (TPSA) is 355 Å². The molecule has 96 heavy (non-hydrogen) atoms. The third-order valence-electron chi connectivity index (χ3n) is 17.7. The van der Waals surface area contributed by atoms with Crippen LogP contribution in [0.5, 0.6) is 0 Å². The number of nitrogens with zero attached hydrogens (tertiary/aromatic N) is 8. The van der Waals surface area contributed by atoms with Crippen molar-refractivity contribution >= 4 is 108 Å². The van der Waals surface area contributed by atoms with Crippen LogP contribution in [0.1, 0.15) is 85.1 Å². The van der Waals surface area contributed by atoms with Crippen molar-refractivity contribution in [1.82, 2.24) is 55.2 Å². The summed E-state index contributed by atoms with van der Waals surface area (Å²) >= 11 is 0. The Labute approximate surface area is 550 Å². The fourth-order valence-electron chi connectivity index (χ4n) is 13.2. The maximum absolute atomic E-state index is 14.6. The molecule has 12 rings (SSSR count). The van der Waals surface area contributed by atoms with E-state index in [4.69, 9.17) is 44.6 Å². The normalized spacial score (nSPS) is 17.4. The van der Waals surface area contributed by atoms with E-state index in [1.807, 2.05) is 43.1 Å². The number of benzene rings is 5. The summed E-state index contributed by atoms with van der Waals surface area (Å²) in [5.41, 5.74) is 18.9. The van der Waals surface area contributed by atoms with Crippen LogP contribution < -0.4 is 37.6 Å². The molecule has 502 valence electrons. The first kappa shape index (κ1) is 66.1. The molecule has 9 N–H and O–H groups in total. The highest BCUT2D eigenvalue weighted by atomic mass is 16.6. The number of methoxy groups -OCH3 is 1. The van der Waals surface area contributed by atoms with Crippen molar-refractivity contribution in [1.29, 1.82) is 0 Å². The number of carboxylic acid groups (broad SMARTS) is 1. The molecular formula is C68H76N14O14. The van der Waals surface area contributed by atoms with Gasteiger partial charge in [-0.05, 0) is 79.6 Å². The zero-order chi connectivity index (χ0) is 67.2. The van der Waals surface area contributed by atoms with Gasteiger partial charge < -0.3 is 89.9 Å². The predicted molar refractivity (Wildman–Crippen MR) is 355 cm³/mol. The number of nitrogen functional groups attached to an aromatic ring is 2. The number of hydrogen-bond donors (Lipinski definition) is 7. The lowest BCUT2D eigenvalue weighted by Gasteiger charge is -2.50. The minimum Gasteiger partial charge on any atom is -0.480 e. The van der Waals surface area contributed by atoms with Gasteiger partial charge in [-0.3, -0.25) is 24.0 Å². The third-order valence-corrected chi connectivity index (χ3v) is 17.7. The number of carbonyl (C=O) groups excluding carboxylic acids is 5. The molecule has 1 saturated heterocycles. The fraction of sp³-hybridized carbons (Fsp3) is 0.382. The molecule has 28 nitrogen and oxygen atoms in total. The molecule has 0 spiro atoms. The van der Waals surface area contributed by atoms with Crippen LogP contribution in [0.3, 0.4) is 0 Å². The summed E-state index contributed by atoms with van der Waals surface area (Å²) in [7, 11) is 5.27. The summed E-state index contributed by atoms with van der Waals surface area (Å²) in [6, 6.07) is 27.7. The highest BCUT2D eigenvalue weighted by Gasteiger charge is 2.55. The number of rotatable bonds is 31. The zero-order valence-corrected chi connectivity index (χ0v) is 53.6. The molecular weight excluding hydrogens is 1240 g/mol. The molecule has 4 aromatic heterocycles. The second-order valence-electron chi connectivity index (χ2n) is 23.8. The molecule has 9 aromatic rings. The Bertz CT molecular complexity index is 4410. The Morgan fingerprint density at radius 3 is 1.99 bits per heavy atom. The number of nitrogens with one attached hydrogen (secondary N) is 4. The summed E-state index contributed by atoms with van der Waals surface area (Å²) < 4.78 is 46.1. The van der Waals surface area contributed by atoms with Gasteiger partial charge in [0.2, 0.25) is 11.9 Å². The molecule has 28 heteroatoms. The lowest BCUT2D eigenvalue weighted by Crippen LogP contribution is -2.61. The molecule has 3 aliphatic rings. The summed E-state index contributed by atoms with van der Waals surface area (Å²) in [4.78, 5) is 99.4. The summed E-state index contributed by atoms with van der Waals surface area (Å²) in [5.74, 6) is -2.78. The number of carbonyl (C=O) groups is 6. The van der Waals surface area contributed by atoms with Crippen LogP contribution in [0.15, 0.2) is 103 Å². The van der Waals surface area contributed by atoms with Gasteiger partial charge in [0.05, 0.1) is 118 Å². The maximum Gasteiger partial charge on any atom is 0.326 e. The maximum atomic E-state index is 14.6. The minimum atomic E-state index is -1.29. The first-order chi connectivity index (χ1) is 46.5. The van der Waals surface area contributed by atoms with Gasteiger partial charge in [-0.1, -0.05) is 36.4 Å². The second kappa shape index (κ2) is 29.0. The summed E-state index contributed by atoms with van der Waals surface area (Å²) in [5, 5.41) is 24.8. The van der Waals surface area contributed by atoms with E-state index in [1.54, 1.807) is 73.8 Å². The van der Waals surface area contributed by atoms with Crippen LogP contribution in [0, 0.1) is 0 Å². The number of fused-ring (bicyclic) bond motifs is 14. The van der Waals surface area contributed by atoms with Gasteiger partial charge >= 0.3 is 5.97 Å². The first-order valence-corrected chi connectivity index (χ1v) is 31.7. The van der Waals surface area contributed by atoms with E-state index < -0.39 is 42.0 Å².